The molecule has 2 rings (SSSR count). The van der Waals surface area contributed by atoms with E-state index in [1.54, 1.807) is 6.20 Å². The maximum absolute atomic E-state index is 8.84. The lowest BCUT2D eigenvalue weighted by molar-refractivity contribution is 0.462. The molecule has 0 unspecified atom stereocenters. The van der Waals surface area contributed by atoms with Crippen molar-refractivity contribution in [3.63, 3.8) is 0 Å². The van der Waals surface area contributed by atoms with Gasteiger partial charge in [0.1, 0.15) is 5.82 Å². The van der Waals surface area contributed by atoms with Gasteiger partial charge in [-0.3, -0.25) is 0 Å². The van der Waals surface area contributed by atoms with Crippen molar-refractivity contribution in [1.82, 2.24) is 14.6 Å². The van der Waals surface area contributed by atoms with Crippen LogP contribution in [-0.2, 0) is 0 Å². The van der Waals surface area contributed by atoms with Crippen LogP contribution in [0.5, 0.6) is 5.19 Å². The molecule has 2 aromatic heterocycles. The maximum Gasteiger partial charge on any atom is 0.291 e. The molecule has 0 aliphatic heterocycles. The molecule has 5 nitrogen and oxygen atoms in total. The summed E-state index contributed by atoms with van der Waals surface area (Å²) in [7, 11) is 0. The molecule has 0 aromatic carbocycles. The Bertz CT molecular complexity index is 301. The molecular formula is C4H4N4OS. The first-order valence-corrected chi connectivity index (χ1v) is 3.38. The van der Waals surface area contributed by atoms with Crippen LogP contribution in [0.2, 0.25) is 0 Å². The number of anilines is 1. The summed E-state index contributed by atoms with van der Waals surface area (Å²) in [5.74, 6) is 0.416. The number of aromatic nitrogens is 3. The highest BCUT2D eigenvalue weighted by Gasteiger charge is 2.03. The molecule has 0 aliphatic rings. The second-order valence-corrected chi connectivity index (χ2v) is 2.71. The lowest BCUT2D eigenvalue weighted by Crippen LogP contribution is -1.82. The Morgan fingerprint density at radius 2 is 2.50 bits per heavy atom. The van der Waals surface area contributed by atoms with Crippen LogP contribution in [-0.4, -0.2) is 19.7 Å². The summed E-state index contributed by atoms with van der Waals surface area (Å²) in [6.07, 6.45) is 1.55. The normalized spacial score (nSPS) is 10.8. The summed E-state index contributed by atoms with van der Waals surface area (Å²) in [6.45, 7) is 0. The van der Waals surface area contributed by atoms with E-state index in [0.717, 1.165) is 11.3 Å². The SMILES string of the molecule is Nc1cn2nc(O)sc2n1. The molecule has 6 heteroatoms. The first-order chi connectivity index (χ1) is 4.75. The van der Waals surface area contributed by atoms with Gasteiger partial charge in [-0.1, -0.05) is 0 Å². The summed E-state index contributed by atoms with van der Waals surface area (Å²) in [6, 6.07) is 0. The molecule has 0 bridgehead atoms. The Hall–Kier alpha value is -1.30. The molecule has 0 fully saturated rings. The Labute approximate surface area is 59.7 Å². The highest BCUT2D eigenvalue weighted by molar-refractivity contribution is 7.18. The van der Waals surface area contributed by atoms with E-state index < -0.39 is 0 Å². The average Bonchev–Trinajstić information content (AvgIpc) is 2.21. The molecule has 52 valence electrons. The average molecular weight is 156 g/mol. The molecule has 0 amide bonds. The molecule has 2 heterocycles. The molecule has 3 N–H and O–H groups in total. The van der Waals surface area contributed by atoms with Crippen LogP contribution in [0.25, 0.3) is 4.96 Å². The number of hydrogen-bond acceptors (Lipinski definition) is 5. The van der Waals surface area contributed by atoms with E-state index in [1.165, 1.54) is 4.52 Å². The van der Waals surface area contributed by atoms with Gasteiger partial charge in [0.25, 0.3) is 5.19 Å². The number of nitrogens with zero attached hydrogens (tertiary/aromatic N) is 3. The highest BCUT2D eigenvalue weighted by atomic mass is 32.1. The second kappa shape index (κ2) is 1.60. The predicted molar refractivity (Wildman–Crippen MR) is 36.9 cm³/mol. The van der Waals surface area contributed by atoms with Crippen molar-refractivity contribution < 1.29 is 5.11 Å². The van der Waals surface area contributed by atoms with Gasteiger partial charge in [-0.05, 0) is 11.3 Å². The smallest absolute Gasteiger partial charge is 0.291 e. The van der Waals surface area contributed by atoms with Crippen molar-refractivity contribution in [2.45, 2.75) is 0 Å². The number of nitrogen functional groups attached to an aromatic ring is 1. The topological polar surface area (TPSA) is 76.4 Å². The molecule has 0 saturated heterocycles. The maximum atomic E-state index is 8.84. The zero-order valence-electron chi connectivity index (χ0n) is 4.85. The Morgan fingerprint density at radius 1 is 1.70 bits per heavy atom. The van der Waals surface area contributed by atoms with Crippen molar-refractivity contribution in [3.8, 4) is 5.19 Å². The van der Waals surface area contributed by atoms with Gasteiger partial charge in [-0.25, -0.2) is 9.50 Å². The highest BCUT2D eigenvalue weighted by Crippen LogP contribution is 2.19. The van der Waals surface area contributed by atoms with Gasteiger partial charge in [-0.2, -0.15) is 0 Å². The Balaban J connectivity index is 2.83. The van der Waals surface area contributed by atoms with E-state index in [1.807, 2.05) is 0 Å². The quantitative estimate of drug-likeness (QED) is 0.566. The third-order valence-corrected chi connectivity index (χ3v) is 1.78. The third-order valence-electron chi connectivity index (χ3n) is 1.05. The monoisotopic (exact) mass is 156 g/mol. The summed E-state index contributed by atoms with van der Waals surface area (Å²) in [5, 5.41) is 12.5. The van der Waals surface area contributed by atoms with Gasteiger partial charge in [-0.15, -0.1) is 5.10 Å². The van der Waals surface area contributed by atoms with E-state index in [4.69, 9.17) is 10.8 Å². The standard InChI is InChI=1S/C4H4N4OS/c5-2-1-8-3(6-2)10-4(9)7-8/h1H,5H2,(H,7,9). The van der Waals surface area contributed by atoms with Crippen LogP contribution in [0.15, 0.2) is 6.20 Å². The van der Waals surface area contributed by atoms with Crippen LogP contribution in [0.3, 0.4) is 0 Å². The first kappa shape index (κ1) is 5.48. The van der Waals surface area contributed by atoms with Crippen LogP contribution < -0.4 is 5.73 Å². The molecule has 0 saturated carbocycles. The summed E-state index contributed by atoms with van der Waals surface area (Å²) >= 11 is 1.09. The minimum Gasteiger partial charge on any atom is -0.485 e. The molecule has 0 atom stereocenters. The number of aromatic hydroxyl groups is 1. The molecule has 0 radical (unpaired) electrons. The van der Waals surface area contributed by atoms with E-state index in [0.29, 0.717) is 10.8 Å². The lowest BCUT2D eigenvalue weighted by Gasteiger charge is -1.74. The van der Waals surface area contributed by atoms with Gasteiger partial charge in [0.05, 0.1) is 6.20 Å². The molecule has 10 heavy (non-hydrogen) atoms. The molecule has 0 spiro atoms. The van der Waals surface area contributed by atoms with E-state index in [-0.39, 0.29) is 5.19 Å². The largest absolute Gasteiger partial charge is 0.485 e. The third kappa shape index (κ3) is 0.623. The van der Waals surface area contributed by atoms with Crippen molar-refractivity contribution in [2.75, 3.05) is 5.73 Å². The van der Waals surface area contributed by atoms with Gasteiger partial charge in [0.15, 0.2) is 0 Å². The van der Waals surface area contributed by atoms with Crippen molar-refractivity contribution in [2.24, 2.45) is 0 Å². The van der Waals surface area contributed by atoms with E-state index >= 15 is 0 Å². The Kier molecular flexibility index (Phi) is 0.877. The molecular weight excluding hydrogens is 152 g/mol. The summed E-state index contributed by atoms with van der Waals surface area (Å²) in [4.78, 5) is 4.48. The number of fused-ring (bicyclic) bond motifs is 1. The predicted octanol–water partition coefficient (Wildman–Crippen LogP) is 0.0786. The lowest BCUT2D eigenvalue weighted by atomic mass is 10.8. The fourth-order valence-corrected chi connectivity index (χ4v) is 1.34. The van der Waals surface area contributed by atoms with E-state index in [9.17, 15) is 0 Å². The van der Waals surface area contributed by atoms with Gasteiger partial charge in [0, 0.05) is 0 Å². The van der Waals surface area contributed by atoms with Crippen molar-refractivity contribution in [3.05, 3.63) is 6.20 Å². The molecule has 0 aliphatic carbocycles. The van der Waals surface area contributed by atoms with Crippen molar-refractivity contribution in [1.29, 1.82) is 0 Å². The fourth-order valence-electron chi connectivity index (χ4n) is 0.706. The van der Waals surface area contributed by atoms with Gasteiger partial charge in [0.2, 0.25) is 4.96 Å². The van der Waals surface area contributed by atoms with Crippen LogP contribution in [0.4, 0.5) is 5.82 Å². The van der Waals surface area contributed by atoms with Crippen LogP contribution in [0, 0.1) is 0 Å². The first-order valence-electron chi connectivity index (χ1n) is 2.56. The minimum atomic E-state index is 0.00231. The summed E-state index contributed by atoms with van der Waals surface area (Å²) in [5.41, 5.74) is 5.34. The minimum absolute atomic E-state index is 0.00231. The zero-order valence-corrected chi connectivity index (χ0v) is 5.67. The number of nitrogens with two attached hydrogens (primary N) is 1. The van der Waals surface area contributed by atoms with Crippen LogP contribution >= 0.6 is 11.3 Å². The van der Waals surface area contributed by atoms with Crippen molar-refractivity contribution >= 4 is 22.1 Å². The fraction of sp³-hybridized carbons (Fsp3) is 0. The number of imidazole rings is 1. The van der Waals surface area contributed by atoms with E-state index in [2.05, 4.69) is 10.1 Å². The number of rotatable bonds is 0. The van der Waals surface area contributed by atoms with Gasteiger partial charge < -0.3 is 10.8 Å². The van der Waals surface area contributed by atoms with Crippen LogP contribution in [0.1, 0.15) is 0 Å². The summed E-state index contributed by atoms with van der Waals surface area (Å²) < 4.78 is 1.44. The zero-order chi connectivity index (χ0) is 7.14. The Morgan fingerprint density at radius 3 is 3.20 bits per heavy atom. The number of hydrogen-bond donors (Lipinski definition) is 2. The second-order valence-electron chi connectivity index (χ2n) is 1.78. The van der Waals surface area contributed by atoms with Gasteiger partial charge >= 0.3 is 0 Å². The molecule has 2 aromatic rings.